The molecule has 0 spiro atoms. The van der Waals surface area contributed by atoms with Crippen LogP contribution in [0.2, 0.25) is 0 Å². The number of aryl methyl sites for hydroxylation is 2. The predicted octanol–water partition coefficient (Wildman–Crippen LogP) is 7.52. The first-order valence-electron chi connectivity index (χ1n) is 14.7. The summed E-state index contributed by atoms with van der Waals surface area (Å²) in [6.45, 7) is 9.16. The van der Waals surface area contributed by atoms with Gasteiger partial charge in [0.05, 0.1) is 4.91 Å². The molecule has 1 fully saturated rings. The minimum absolute atomic E-state index is 0.0321. The molecule has 0 unspecified atom stereocenters. The fourth-order valence-electron chi connectivity index (χ4n) is 5.93. The van der Waals surface area contributed by atoms with Crippen molar-refractivity contribution in [3.63, 3.8) is 0 Å². The van der Waals surface area contributed by atoms with E-state index in [1.54, 1.807) is 6.07 Å². The molecule has 1 aromatic heterocycles. The van der Waals surface area contributed by atoms with Gasteiger partial charge in [-0.1, -0.05) is 56.3 Å². The van der Waals surface area contributed by atoms with Crippen molar-refractivity contribution < 1.29 is 14.6 Å². The molecule has 0 saturated carbocycles. The number of likely N-dealkylation sites (tertiary alicyclic amines) is 1. The Morgan fingerprint density at radius 2 is 1.83 bits per heavy atom. The van der Waals surface area contributed by atoms with Crippen molar-refractivity contribution in [2.45, 2.75) is 52.4 Å². The first kappa shape index (κ1) is 28.6. The molecule has 7 nitrogen and oxygen atoms in total. The maximum atomic E-state index is 12.1. The first-order chi connectivity index (χ1) is 19.8. The number of H-pyrrole nitrogens is 1. The van der Waals surface area contributed by atoms with Crippen molar-refractivity contribution in [2.24, 2.45) is 5.92 Å². The largest absolute Gasteiger partial charge is 0.354 e. The summed E-state index contributed by atoms with van der Waals surface area (Å²) in [7, 11) is 1.38. The summed E-state index contributed by atoms with van der Waals surface area (Å²) in [4.78, 5) is 35.9. The number of aromatic amines is 1. The van der Waals surface area contributed by atoms with Crippen molar-refractivity contribution in [1.29, 1.82) is 0 Å². The Kier molecular flexibility index (Phi) is 8.84. The van der Waals surface area contributed by atoms with Gasteiger partial charge < -0.3 is 15.2 Å². The van der Waals surface area contributed by atoms with E-state index >= 15 is 0 Å². The number of carbonyl (C=O) groups excluding carboxylic acids is 1. The van der Waals surface area contributed by atoms with Crippen LogP contribution in [-0.2, 0) is 16.1 Å². The highest BCUT2D eigenvalue weighted by Crippen LogP contribution is 2.35. The minimum atomic E-state index is -0.0321. The Labute approximate surface area is 242 Å². The number of hydrogen-bond acceptors (Lipinski definition) is 4. The van der Waals surface area contributed by atoms with E-state index in [1.807, 2.05) is 38.1 Å². The van der Waals surface area contributed by atoms with Crippen LogP contribution in [0.5, 0.6) is 0 Å². The van der Waals surface area contributed by atoms with Gasteiger partial charge in [0, 0.05) is 45.9 Å². The Balaban J connectivity index is 1.24. The number of nitrogens with one attached hydrogen (secondary N) is 2. The van der Waals surface area contributed by atoms with Crippen molar-refractivity contribution in [3.05, 3.63) is 88.3 Å². The number of piperidine rings is 1. The quantitative estimate of drug-likeness (QED) is 0.199. The maximum absolute atomic E-state index is 12.1. The molecule has 0 radical (unpaired) electrons. The summed E-state index contributed by atoms with van der Waals surface area (Å²) >= 11 is 0. The number of amides is 1. The zero-order valence-corrected chi connectivity index (χ0v) is 24.6. The Bertz CT molecular complexity index is 1530. The van der Waals surface area contributed by atoms with Crippen LogP contribution in [0.15, 0.2) is 66.7 Å². The Morgan fingerprint density at radius 3 is 2.59 bits per heavy atom. The van der Waals surface area contributed by atoms with Gasteiger partial charge in [-0.15, -0.1) is 0 Å². The molecular weight excluding hydrogens is 512 g/mol. The van der Waals surface area contributed by atoms with Gasteiger partial charge in [-0.05, 0) is 87.0 Å². The van der Waals surface area contributed by atoms with Crippen molar-refractivity contribution in [1.82, 2.24) is 9.88 Å². The lowest BCUT2D eigenvalue weighted by Gasteiger charge is -2.32. The number of nitrogens with zero attached hydrogens (tertiary/aromatic N) is 2. The highest BCUT2D eigenvalue weighted by atomic mass is 16.8. The zero-order valence-electron chi connectivity index (χ0n) is 24.6. The second-order valence-corrected chi connectivity index (χ2v) is 11.5. The van der Waals surface area contributed by atoms with Crippen molar-refractivity contribution in [2.75, 3.05) is 32.1 Å². The van der Waals surface area contributed by atoms with Gasteiger partial charge >= 0.3 is 5.69 Å². The first-order valence-corrected chi connectivity index (χ1v) is 14.7. The Morgan fingerprint density at radius 1 is 1.07 bits per heavy atom. The summed E-state index contributed by atoms with van der Waals surface area (Å²) in [6, 6.07) is 22.4. The molecule has 2 heterocycles. The third kappa shape index (κ3) is 6.51. The second kappa shape index (κ2) is 12.7. The van der Waals surface area contributed by atoms with Crippen LogP contribution >= 0.6 is 0 Å². The average molecular weight is 554 g/mol. The number of hydrogen-bond donors (Lipinski definition) is 2. The van der Waals surface area contributed by atoms with Crippen LogP contribution in [0.1, 0.15) is 55.7 Å². The van der Waals surface area contributed by atoms with Gasteiger partial charge in [-0.25, -0.2) is 4.84 Å². The van der Waals surface area contributed by atoms with Gasteiger partial charge in [0.15, 0.2) is 7.11 Å². The summed E-state index contributed by atoms with van der Waals surface area (Å²) in [5.74, 6) is 0.543. The molecule has 7 heteroatoms. The highest BCUT2D eigenvalue weighted by Gasteiger charge is 2.22. The number of para-hydroxylation sites is 1. The number of fused-ring (bicyclic) bond motifs is 1. The standard InChI is InChI=1S/C34H40N4O3/c1-23(2)34(39)35-28-12-6-10-26(21-28)25-16-19-37(20-17-25)18-8-15-31-30-14-5-9-24(3)32(30)36-33(31)27-11-7-13-29(22-27)38(40)41-4/h5-7,9-14,21-23,25,36H,8,15-20H2,1-4H3/p+1. The third-order valence-corrected chi connectivity index (χ3v) is 8.30. The van der Waals surface area contributed by atoms with Crippen LogP contribution in [0.4, 0.5) is 11.4 Å². The monoisotopic (exact) mass is 553 g/mol. The normalized spacial score (nSPS) is 14.5. The van der Waals surface area contributed by atoms with E-state index in [1.165, 1.54) is 29.2 Å². The van der Waals surface area contributed by atoms with E-state index in [2.05, 4.69) is 58.5 Å². The minimum Gasteiger partial charge on any atom is -0.354 e. The molecule has 41 heavy (non-hydrogen) atoms. The third-order valence-electron chi connectivity index (χ3n) is 8.30. The topological polar surface area (TPSA) is 77.4 Å². The lowest BCUT2D eigenvalue weighted by molar-refractivity contribution is -0.736. The summed E-state index contributed by atoms with van der Waals surface area (Å²) in [6.07, 6.45) is 4.25. The number of aromatic nitrogens is 1. The molecule has 4 aromatic rings. The van der Waals surface area contributed by atoms with Gasteiger partial charge in [0.25, 0.3) is 4.92 Å². The molecule has 0 atom stereocenters. The summed E-state index contributed by atoms with van der Waals surface area (Å²) in [5, 5.41) is 4.29. The summed E-state index contributed by atoms with van der Waals surface area (Å²) in [5.41, 5.74) is 8.40. The van der Waals surface area contributed by atoms with E-state index in [-0.39, 0.29) is 11.8 Å². The SMILES string of the molecule is CO[N+](=O)c1cccc(-c2[nH]c3c(C)cccc3c2CCCN2CCC(c3cccc(NC(=O)C(C)C)c3)CC2)c1. The fraction of sp³-hybridized carbons (Fsp3) is 0.382. The molecule has 2 N–H and O–H groups in total. The van der Waals surface area contributed by atoms with Crippen LogP contribution in [0.3, 0.4) is 0 Å². The van der Waals surface area contributed by atoms with Gasteiger partial charge in [0.2, 0.25) is 5.91 Å². The smallest absolute Gasteiger partial charge is 0.317 e. The molecule has 0 bridgehead atoms. The van der Waals surface area contributed by atoms with E-state index < -0.39 is 0 Å². The van der Waals surface area contributed by atoms with Crippen molar-refractivity contribution in [3.8, 4) is 11.3 Å². The molecule has 214 valence electrons. The van der Waals surface area contributed by atoms with E-state index in [0.717, 1.165) is 67.8 Å². The van der Waals surface area contributed by atoms with E-state index in [9.17, 15) is 9.70 Å². The molecule has 0 aliphatic carbocycles. The van der Waals surface area contributed by atoms with Crippen LogP contribution in [0.25, 0.3) is 22.2 Å². The van der Waals surface area contributed by atoms with Crippen LogP contribution in [0, 0.1) is 17.7 Å². The van der Waals surface area contributed by atoms with Crippen molar-refractivity contribution >= 4 is 28.2 Å². The molecule has 3 aromatic carbocycles. The summed E-state index contributed by atoms with van der Waals surface area (Å²) < 4.78 is 0. The van der Waals surface area contributed by atoms with Gasteiger partial charge in [-0.2, -0.15) is 0 Å². The van der Waals surface area contributed by atoms with Gasteiger partial charge in [-0.3, -0.25) is 4.79 Å². The number of rotatable bonds is 10. The second-order valence-electron chi connectivity index (χ2n) is 11.5. The van der Waals surface area contributed by atoms with Crippen LogP contribution in [-0.4, -0.2) is 47.5 Å². The molecule has 5 rings (SSSR count). The maximum Gasteiger partial charge on any atom is 0.317 e. The van der Waals surface area contributed by atoms with E-state index in [0.29, 0.717) is 16.5 Å². The molecule has 1 saturated heterocycles. The lowest BCUT2D eigenvalue weighted by Crippen LogP contribution is -2.33. The van der Waals surface area contributed by atoms with Gasteiger partial charge in [0.1, 0.15) is 0 Å². The predicted molar refractivity (Wildman–Crippen MR) is 165 cm³/mol. The van der Waals surface area contributed by atoms with Crippen LogP contribution < -0.4 is 5.32 Å². The zero-order chi connectivity index (χ0) is 28.9. The fourth-order valence-corrected chi connectivity index (χ4v) is 5.93. The number of benzene rings is 3. The molecular formula is C34H41N4O3+. The molecule has 1 amide bonds. The Hall–Kier alpha value is -3.97. The number of carbonyl (C=O) groups is 1. The molecule has 1 aliphatic heterocycles. The average Bonchev–Trinajstić information content (AvgIpc) is 3.37. The van der Waals surface area contributed by atoms with E-state index in [4.69, 9.17) is 4.84 Å². The lowest BCUT2D eigenvalue weighted by atomic mass is 9.89. The number of anilines is 1. The highest BCUT2D eigenvalue weighted by molar-refractivity contribution is 5.93. The molecule has 1 aliphatic rings.